The molecule has 2 aromatic rings. The van der Waals surface area contributed by atoms with Crippen LogP contribution in [-0.4, -0.2) is 53.5 Å². The number of guanidine groups is 1. The summed E-state index contributed by atoms with van der Waals surface area (Å²) in [5.41, 5.74) is 3.32. The fraction of sp³-hybridized carbons (Fsp3) is 0.318. The van der Waals surface area contributed by atoms with Gasteiger partial charge in [-0.05, 0) is 31.5 Å². The molecule has 1 saturated heterocycles. The number of benzene rings is 1. The van der Waals surface area contributed by atoms with Crippen molar-refractivity contribution in [1.82, 2.24) is 20.5 Å². The van der Waals surface area contributed by atoms with Gasteiger partial charge in [0.15, 0.2) is 5.78 Å². The second kappa shape index (κ2) is 8.71. The fourth-order valence-corrected chi connectivity index (χ4v) is 4.59. The van der Waals surface area contributed by atoms with Crippen molar-refractivity contribution in [3.05, 3.63) is 72.3 Å². The average Bonchev–Trinajstić information content (AvgIpc) is 3.06. The molecule has 1 aliphatic heterocycles. The van der Waals surface area contributed by atoms with Crippen LogP contribution in [0, 0.1) is 13.8 Å². The van der Waals surface area contributed by atoms with Crippen molar-refractivity contribution in [1.29, 1.82) is 0 Å². The predicted molar refractivity (Wildman–Crippen MR) is 125 cm³/mol. The second-order valence-electron chi connectivity index (χ2n) is 7.76. The van der Waals surface area contributed by atoms with Crippen molar-refractivity contribution < 1.29 is 9.90 Å². The van der Waals surface area contributed by atoms with Crippen molar-refractivity contribution in [2.75, 3.05) is 26.7 Å². The van der Waals surface area contributed by atoms with Crippen LogP contribution in [0.1, 0.15) is 33.2 Å². The number of H-pyrrole nitrogens is 1. The first-order chi connectivity index (χ1) is 15.3. The molecule has 4 N–H and O–H groups in total. The van der Waals surface area contributed by atoms with E-state index in [1.54, 1.807) is 37.1 Å². The van der Waals surface area contributed by atoms with E-state index >= 15 is 0 Å². The molecule has 168 valence electrons. The molecule has 4 rings (SSSR count). The van der Waals surface area contributed by atoms with Crippen molar-refractivity contribution in [3.8, 4) is 0 Å². The zero-order valence-electron chi connectivity index (χ0n) is 17.8. The van der Waals surface area contributed by atoms with Crippen molar-refractivity contribution in [3.63, 3.8) is 0 Å². The molecular formula is C22H23Cl2N5O3. The Morgan fingerprint density at radius 2 is 1.91 bits per heavy atom. The maximum Gasteiger partial charge on any atom is 0.254 e. The van der Waals surface area contributed by atoms with Crippen LogP contribution in [0.3, 0.4) is 0 Å². The molecule has 1 aromatic carbocycles. The molecule has 0 spiro atoms. The maximum absolute atomic E-state index is 13.5. The second-order valence-corrected chi connectivity index (χ2v) is 8.57. The molecule has 0 saturated carbocycles. The third-order valence-corrected chi connectivity index (χ3v) is 6.45. The molecule has 0 amide bonds. The third kappa shape index (κ3) is 3.63. The first-order valence-electron chi connectivity index (χ1n) is 10.1. The number of para-hydroxylation sites is 1. The van der Waals surface area contributed by atoms with Crippen molar-refractivity contribution >= 4 is 40.6 Å². The highest BCUT2D eigenvalue weighted by molar-refractivity contribution is 6.38. The topological polar surface area (TPSA) is 110 Å². The summed E-state index contributed by atoms with van der Waals surface area (Å²) < 4.78 is 0. The monoisotopic (exact) mass is 475 g/mol. The van der Waals surface area contributed by atoms with Crippen LogP contribution in [0.15, 0.2) is 39.3 Å². The van der Waals surface area contributed by atoms with Crippen molar-refractivity contribution in [2.45, 2.75) is 19.9 Å². The molecule has 1 atom stereocenters. The summed E-state index contributed by atoms with van der Waals surface area (Å²) in [6.07, 6.45) is 0. The minimum atomic E-state index is -0.531. The Bertz CT molecular complexity index is 1210. The SMILES string of the molecule is Cc1[nH]c(=O)c2c(c1C)C(=O)C(CNCCO)=C1NC(=Nc3c(Cl)cccc3Cl)N(C)C12. The fourth-order valence-electron chi connectivity index (χ4n) is 4.11. The number of likely N-dealkylation sites (N-methyl/N-ethyl adjacent to an activating group) is 1. The lowest BCUT2D eigenvalue weighted by Gasteiger charge is -2.29. The number of ketones is 1. The molecular weight excluding hydrogens is 453 g/mol. The van der Waals surface area contributed by atoms with Gasteiger partial charge < -0.3 is 25.6 Å². The summed E-state index contributed by atoms with van der Waals surface area (Å²) in [6.45, 7) is 4.11. The number of nitrogens with zero attached hydrogens (tertiary/aromatic N) is 2. The maximum atomic E-state index is 13.5. The van der Waals surface area contributed by atoms with E-state index in [2.05, 4.69) is 20.6 Å². The summed E-state index contributed by atoms with van der Waals surface area (Å²) in [5, 5.41) is 16.2. The first kappa shape index (κ1) is 22.5. The lowest BCUT2D eigenvalue weighted by atomic mass is 9.83. The van der Waals surface area contributed by atoms with Crippen LogP contribution in [0.5, 0.6) is 0 Å². The molecule has 10 heteroatoms. The summed E-state index contributed by atoms with van der Waals surface area (Å²) in [4.78, 5) is 35.8. The van der Waals surface area contributed by atoms with Gasteiger partial charge in [-0.2, -0.15) is 0 Å². The van der Waals surface area contributed by atoms with Gasteiger partial charge >= 0.3 is 0 Å². The van der Waals surface area contributed by atoms with E-state index in [4.69, 9.17) is 28.3 Å². The van der Waals surface area contributed by atoms with Gasteiger partial charge in [-0.1, -0.05) is 29.3 Å². The van der Waals surface area contributed by atoms with Gasteiger partial charge in [-0.25, -0.2) is 4.99 Å². The van der Waals surface area contributed by atoms with E-state index in [1.807, 2.05) is 6.92 Å². The standard InChI is InChI=1S/C22H23Cl2N5O3/c1-10-11(2)26-21(32)16-15(10)20(31)12(9-25-7-8-30)17-19(16)29(3)22(27-17)28-18-13(23)5-4-6-14(18)24/h4-6,19,25,30H,7-9H2,1-3H3,(H,26,32)(H,27,28). The highest BCUT2D eigenvalue weighted by atomic mass is 35.5. The number of hydrogen-bond acceptors (Lipinski definition) is 5. The number of aromatic amines is 1. The number of fused-ring (bicyclic) bond motifs is 3. The minimum absolute atomic E-state index is 0.0559. The molecule has 1 fully saturated rings. The number of nitrogens with one attached hydrogen (secondary N) is 3. The Balaban J connectivity index is 1.91. The Labute approximate surface area is 194 Å². The number of carbonyl (C=O) groups is 1. The average molecular weight is 476 g/mol. The third-order valence-electron chi connectivity index (χ3n) is 5.84. The summed E-state index contributed by atoms with van der Waals surface area (Å²) in [7, 11) is 1.79. The highest BCUT2D eigenvalue weighted by Crippen LogP contribution is 2.41. The smallest absolute Gasteiger partial charge is 0.254 e. The van der Waals surface area contributed by atoms with E-state index < -0.39 is 6.04 Å². The molecule has 0 bridgehead atoms. The van der Waals surface area contributed by atoms with Gasteiger partial charge in [0.25, 0.3) is 5.56 Å². The number of rotatable bonds is 5. The van der Waals surface area contributed by atoms with Crippen LogP contribution in [0.25, 0.3) is 0 Å². The molecule has 32 heavy (non-hydrogen) atoms. The lowest BCUT2D eigenvalue weighted by Crippen LogP contribution is -2.37. The zero-order valence-corrected chi connectivity index (χ0v) is 19.4. The number of carbonyl (C=O) groups excluding carboxylic acids is 1. The predicted octanol–water partition coefficient (Wildman–Crippen LogP) is 2.59. The first-order valence-corrected chi connectivity index (χ1v) is 10.9. The van der Waals surface area contributed by atoms with Gasteiger partial charge in [0.1, 0.15) is 11.7 Å². The number of Topliss-reactive ketones (excluding diaryl/α,β-unsaturated/α-hetero) is 1. The molecule has 1 aromatic heterocycles. The molecule has 2 aliphatic rings. The van der Waals surface area contributed by atoms with Gasteiger partial charge in [0.2, 0.25) is 5.96 Å². The highest BCUT2D eigenvalue weighted by Gasteiger charge is 2.44. The number of aliphatic imine (C=N–C) groups is 1. The largest absolute Gasteiger partial charge is 0.395 e. The normalized spacial score (nSPS) is 18.8. The number of aromatic nitrogens is 1. The van der Waals surface area contributed by atoms with Gasteiger partial charge in [-0.3, -0.25) is 9.59 Å². The molecule has 1 unspecified atom stereocenters. The van der Waals surface area contributed by atoms with E-state index in [-0.39, 0.29) is 24.5 Å². The number of aryl methyl sites for hydroxylation is 1. The molecule has 8 nitrogen and oxygen atoms in total. The van der Waals surface area contributed by atoms with Crippen LogP contribution in [-0.2, 0) is 0 Å². The van der Waals surface area contributed by atoms with Gasteiger partial charge in [0, 0.05) is 37.0 Å². The number of aliphatic hydroxyl groups is 1. The van der Waals surface area contributed by atoms with E-state index in [9.17, 15) is 9.59 Å². The summed E-state index contributed by atoms with van der Waals surface area (Å²) >= 11 is 12.6. The number of pyridine rings is 1. The Morgan fingerprint density at radius 3 is 2.56 bits per heavy atom. The lowest BCUT2D eigenvalue weighted by molar-refractivity contribution is 0.102. The Kier molecular flexibility index (Phi) is 6.13. The van der Waals surface area contributed by atoms with Crippen LogP contribution >= 0.6 is 23.2 Å². The Morgan fingerprint density at radius 1 is 1.22 bits per heavy atom. The summed E-state index contributed by atoms with van der Waals surface area (Å²) in [6, 6.07) is 4.58. The Hall–Kier alpha value is -2.65. The molecule has 1 aliphatic carbocycles. The minimum Gasteiger partial charge on any atom is -0.395 e. The number of aliphatic hydroxyl groups excluding tert-OH is 1. The molecule has 2 heterocycles. The number of hydrogen-bond donors (Lipinski definition) is 4. The van der Waals surface area contributed by atoms with E-state index in [0.717, 1.165) is 5.56 Å². The number of halogens is 2. The van der Waals surface area contributed by atoms with E-state index in [0.29, 0.717) is 56.3 Å². The van der Waals surface area contributed by atoms with Crippen LogP contribution < -0.4 is 16.2 Å². The van der Waals surface area contributed by atoms with E-state index in [1.165, 1.54) is 0 Å². The van der Waals surface area contributed by atoms with Crippen LogP contribution in [0.2, 0.25) is 10.0 Å². The summed E-state index contributed by atoms with van der Waals surface area (Å²) in [5.74, 6) is 0.194. The van der Waals surface area contributed by atoms with Gasteiger partial charge in [0.05, 0.1) is 27.9 Å². The quantitative estimate of drug-likeness (QED) is 0.494. The van der Waals surface area contributed by atoms with Crippen molar-refractivity contribution in [2.24, 2.45) is 4.99 Å². The van der Waals surface area contributed by atoms with Gasteiger partial charge in [-0.15, -0.1) is 0 Å². The van der Waals surface area contributed by atoms with Crippen LogP contribution in [0.4, 0.5) is 5.69 Å². The zero-order chi connectivity index (χ0) is 23.2. The molecule has 0 radical (unpaired) electrons.